The molecule has 8 nitrogen and oxygen atoms in total. The molecule has 0 amide bonds. The van der Waals surface area contributed by atoms with Crippen molar-refractivity contribution in [1.82, 2.24) is 18.9 Å². The van der Waals surface area contributed by atoms with Crippen LogP contribution in [0, 0.1) is 0 Å². The van der Waals surface area contributed by atoms with Crippen LogP contribution in [0.4, 0.5) is 5.82 Å². The fourth-order valence-electron chi connectivity index (χ4n) is 3.57. The molecule has 30 heavy (non-hydrogen) atoms. The zero-order valence-electron chi connectivity index (χ0n) is 18.3. The van der Waals surface area contributed by atoms with Gasteiger partial charge in [-0.15, -0.1) is 5.10 Å². The van der Waals surface area contributed by atoms with Crippen molar-refractivity contribution in [2.24, 2.45) is 0 Å². The first-order valence-corrected chi connectivity index (χ1v) is 11.3. The highest BCUT2D eigenvalue weighted by Gasteiger charge is 2.27. The third-order valence-electron chi connectivity index (χ3n) is 5.04. The van der Waals surface area contributed by atoms with Crippen LogP contribution < -0.4 is 10.5 Å². The highest BCUT2D eigenvalue weighted by Crippen LogP contribution is 2.34. The second kappa shape index (κ2) is 7.88. The lowest BCUT2D eigenvalue weighted by Gasteiger charge is -2.20. The summed E-state index contributed by atoms with van der Waals surface area (Å²) < 4.78 is 34.7. The van der Waals surface area contributed by atoms with E-state index in [2.05, 4.69) is 25.9 Å². The van der Waals surface area contributed by atoms with E-state index in [1.165, 1.54) is 11.4 Å². The van der Waals surface area contributed by atoms with Gasteiger partial charge in [-0.3, -0.25) is 0 Å². The van der Waals surface area contributed by atoms with E-state index in [1.54, 1.807) is 35.0 Å². The Morgan fingerprint density at radius 1 is 1.17 bits per heavy atom. The molecule has 0 fully saturated rings. The van der Waals surface area contributed by atoms with Gasteiger partial charge < -0.3 is 10.5 Å². The zero-order chi connectivity index (χ0) is 22.3. The van der Waals surface area contributed by atoms with Crippen LogP contribution in [0.1, 0.15) is 40.2 Å². The molecule has 162 valence electrons. The summed E-state index contributed by atoms with van der Waals surface area (Å²) in [5, 5.41) is 4.35. The highest BCUT2D eigenvalue weighted by molar-refractivity contribution is 7.89. The molecule has 0 aliphatic rings. The summed E-state index contributed by atoms with van der Waals surface area (Å²) >= 11 is 0. The highest BCUT2D eigenvalue weighted by atomic mass is 32.2. The first-order valence-electron chi connectivity index (χ1n) is 9.88. The van der Waals surface area contributed by atoms with Crippen molar-refractivity contribution in [3.05, 3.63) is 36.0 Å². The Hall–Kier alpha value is -2.65. The monoisotopic (exact) mass is 431 g/mol. The minimum absolute atomic E-state index is 0.122. The smallest absolute Gasteiger partial charge is 0.246 e. The Bertz CT molecular complexity index is 1180. The number of nitrogens with two attached hydrogens (primary N) is 1. The van der Waals surface area contributed by atoms with Crippen molar-refractivity contribution >= 4 is 21.5 Å². The third kappa shape index (κ3) is 3.75. The SMILES string of the molecule is CCN(CC)S(=O)(=O)c1cc(-c2ccn3nc(N)c(C(C)(C)C)c3n2)ccc1OC. The normalized spacial score (nSPS) is 12.6. The van der Waals surface area contributed by atoms with Crippen molar-refractivity contribution in [3.63, 3.8) is 0 Å². The molecule has 0 radical (unpaired) electrons. The summed E-state index contributed by atoms with van der Waals surface area (Å²) in [4.78, 5) is 4.89. The zero-order valence-corrected chi connectivity index (χ0v) is 19.1. The summed E-state index contributed by atoms with van der Waals surface area (Å²) in [6.45, 7) is 10.5. The van der Waals surface area contributed by atoms with Crippen LogP contribution in [0.3, 0.4) is 0 Å². The molecule has 0 bridgehead atoms. The van der Waals surface area contributed by atoms with Gasteiger partial charge in [0.25, 0.3) is 0 Å². The topological polar surface area (TPSA) is 103 Å². The van der Waals surface area contributed by atoms with E-state index in [-0.39, 0.29) is 10.3 Å². The Morgan fingerprint density at radius 2 is 1.83 bits per heavy atom. The Balaban J connectivity index is 2.21. The first kappa shape index (κ1) is 22.0. The molecule has 1 aromatic carbocycles. The molecule has 0 saturated heterocycles. The number of methoxy groups -OCH3 is 1. The maximum atomic E-state index is 13.2. The van der Waals surface area contributed by atoms with Crippen LogP contribution in [-0.2, 0) is 15.4 Å². The Morgan fingerprint density at radius 3 is 2.40 bits per heavy atom. The quantitative estimate of drug-likeness (QED) is 0.642. The van der Waals surface area contributed by atoms with Gasteiger partial charge in [0.15, 0.2) is 11.5 Å². The number of benzene rings is 1. The van der Waals surface area contributed by atoms with Gasteiger partial charge in [0.05, 0.1) is 12.8 Å². The van der Waals surface area contributed by atoms with Crippen LogP contribution in [0.5, 0.6) is 5.75 Å². The van der Waals surface area contributed by atoms with Gasteiger partial charge in [-0.1, -0.05) is 34.6 Å². The molecular formula is C21H29N5O3S. The first-order chi connectivity index (χ1) is 14.0. The number of rotatable bonds is 6. The summed E-state index contributed by atoms with van der Waals surface area (Å²) in [5.41, 5.74) is 8.71. The largest absolute Gasteiger partial charge is 0.495 e. The second-order valence-corrected chi connectivity index (χ2v) is 9.95. The van der Waals surface area contributed by atoms with Gasteiger partial charge in [0.1, 0.15) is 10.6 Å². The summed E-state index contributed by atoms with van der Waals surface area (Å²) in [6, 6.07) is 6.87. The minimum Gasteiger partial charge on any atom is -0.495 e. The van der Waals surface area contributed by atoms with Crippen LogP contribution in [0.2, 0.25) is 0 Å². The van der Waals surface area contributed by atoms with Crippen molar-refractivity contribution in [2.75, 3.05) is 25.9 Å². The van der Waals surface area contributed by atoms with E-state index in [1.807, 2.05) is 13.8 Å². The maximum absolute atomic E-state index is 13.2. The molecule has 3 rings (SSSR count). The fourth-order valence-corrected chi connectivity index (χ4v) is 5.21. The van der Waals surface area contributed by atoms with Crippen LogP contribution in [0.25, 0.3) is 16.9 Å². The molecule has 0 saturated carbocycles. The number of anilines is 1. The molecule has 0 unspecified atom stereocenters. The maximum Gasteiger partial charge on any atom is 0.246 e. The number of nitrogen functional groups attached to an aromatic ring is 1. The third-order valence-corrected chi connectivity index (χ3v) is 7.12. The van der Waals surface area contributed by atoms with Gasteiger partial charge in [-0.2, -0.15) is 4.31 Å². The molecule has 9 heteroatoms. The lowest BCUT2D eigenvalue weighted by molar-refractivity contribution is 0.395. The van der Waals surface area contributed by atoms with E-state index in [4.69, 9.17) is 15.5 Å². The molecule has 2 aromatic heterocycles. The number of aromatic nitrogens is 3. The molecule has 2 heterocycles. The number of sulfonamides is 1. The average Bonchev–Trinajstić information content (AvgIpc) is 3.03. The van der Waals surface area contributed by atoms with E-state index in [0.717, 1.165) is 5.56 Å². The van der Waals surface area contributed by atoms with Gasteiger partial charge in [0, 0.05) is 30.4 Å². The summed E-state index contributed by atoms with van der Waals surface area (Å²) in [6.07, 6.45) is 1.78. The van der Waals surface area contributed by atoms with Crippen LogP contribution >= 0.6 is 0 Å². The Kier molecular flexibility index (Phi) is 5.79. The van der Waals surface area contributed by atoms with E-state index < -0.39 is 10.0 Å². The number of nitrogens with zero attached hydrogens (tertiary/aromatic N) is 4. The lowest BCUT2D eigenvalue weighted by Crippen LogP contribution is -2.30. The predicted octanol–water partition coefficient (Wildman–Crippen LogP) is 3.32. The standard InChI is InChI=1S/C21H29N5O3S/c1-7-25(8-2)30(27,28)17-13-14(9-10-16(17)29-6)15-11-12-26-20(23-15)18(19(22)24-26)21(3,4)5/h9-13H,7-8H2,1-6H3,(H2,22,24). The van der Waals surface area contributed by atoms with Crippen LogP contribution in [0.15, 0.2) is 35.4 Å². The van der Waals surface area contributed by atoms with E-state index >= 15 is 0 Å². The summed E-state index contributed by atoms with van der Waals surface area (Å²) in [5.74, 6) is 0.738. The second-order valence-electron chi connectivity index (χ2n) is 8.05. The van der Waals surface area contributed by atoms with Gasteiger partial charge >= 0.3 is 0 Å². The van der Waals surface area contributed by atoms with Crippen molar-refractivity contribution in [1.29, 1.82) is 0 Å². The van der Waals surface area contributed by atoms with Crippen molar-refractivity contribution < 1.29 is 13.2 Å². The van der Waals surface area contributed by atoms with Crippen molar-refractivity contribution in [2.45, 2.75) is 44.9 Å². The summed E-state index contributed by atoms with van der Waals surface area (Å²) in [7, 11) is -2.24. The molecule has 0 spiro atoms. The molecule has 0 aliphatic carbocycles. The molecule has 2 N–H and O–H groups in total. The number of fused-ring (bicyclic) bond motifs is 1. The number of hydrogen-bond donors (Lipinski definition) is 1. The Labute approximate surface area is 177 Å². The van der Waals surface area contributed by atoms with Gasteiger partial charge in [-0.25, -0.2) is 17.9 Å². The predicted molar refractivity (Wildman–Crippen MR) is 118 cm³/mol. The fraction of sp³-hybridized carbons (Fsp3) is 0.429. The lowest BCUT2D eigenvalue weighted by atomic mass is 9.88. The molecule has 3 aromatic rings. The van der Waals surface area contributed by atoms with Gasteiger partial charge in [0.2, 0.25) is 10.0 Å². The molecule has 0 atom stereocenters. The number of ether oxygens (including phenoxy) is 1. The van der Waals surface area contributed by atoms with Crippen LogP contribution in [-0.4, -0.2) is 47.5 Å². The average molecular weight is 432 g/mol. The minimum atomic E-state index is -3.70. The van der Waals surface area contributed by atoms with Crippen molar-refractivity contribution in [3.8, 4) is 17.0 Å². The molecular weight excluding hydrogens is 402 g/mol. The number of hydrogen-bond acceptors (Lipinski definition) is 6. The van der Waals surface area contributed by atoms with E-state index in [0.29, 0.717) is 41.6 Å². The van der Waals surface area contributed by atoms with E-state index in [9.17, 15) is 8.42 Å². The van der Waals surface area contributed by atoms with Gasteiger partial charge in [-0.05, 0) is 29.7 Å². The molecule has 0 aliphatic heterocycles.